The molecule has 0 unspecified atom stereocenters. The number of furan rings is 1. The highest BCUT2D eigenvalue weighted by molar-refractivity contribution is 7.88. The van der Waals surface area contributed by atoms with E-state index in [9.17, 15) is 18.0 Å². The summed E-state index contributed by atoms with van der Waals surface area (Å²) in [6.07, 6.45) is -0.621. The summed E-state index contributed by atoms with van der Waals surface area (Å²) in [6.45, 7) is 2.87. The number of hydrogen-bond acceptors (Lipinski definition) is 8. The van der Waals surface area contributed by atoms with Gasteiger partial charge in [-0.05, 0) is 43.7 Å². The topological polar surface area (TPSA) is 112 Å². The highest BCUT2D eigenvalue weighted by Crippen LogP contribution is 2.52. The fourth-order valence-corrected chi connectivity index (χ4v) is 4.95. The Bertz CT molecular complexity index is 1020. The number of carbonyl (C=O) groups is 2. The van der Waals surface area contributed by atoms with Gasteiger partial charge in [0.15, 0.2) is 12.3 Å². The molecule has 168 valence electrons. The molecule has 1 aliphatic rings. The monoisotopic (exact) mass is 471 g/mol. The lowest BCUT2D eigenvalue weighted by molar-refractivity contribution is -0.172. The Morgan fingerprint density at radius 3 is 2.13 bits per heavy atom. The van der Waals surface area contributed by atoms with Gasteiger partial charge in [-0.15, -0.1) is 4.31 Å². The Morgan fingerprint density at radius 2 is 1.68 bits per heavy atom. The summed E-state index contributed by atoms with van der Waals surface area (Å²) in [6, 6.07) is 9.16. The molecule has 0 spiro atoms. The number of ether oxygens (including phenoxy) is 3. The zero-order chi connectivity index (χ0) is 22.8. The highest BCUT2D eigenvalue weighted by atomic mass is 35.5. The highest BCUT2D eigenvalue weighted by Gasteiger charge is 2.71. The molecule has 0 saturated carbocycles. The molecule has 1 fully saturated rings. The number of rotatable bonds is 7. The van der Waals surface area contributed by atoms with Crippen LogP contribution in [0.4, 0.5) is 0 Å². The molecule has 0 radical (unpaired) electrons. The SMILES string of the molecule is CCOC(=O)C1(C(=O)OCC)[C@H](c2ccco2)O[C@H](c2ccc(Cl)cc2)N1S(C)(=O)=O. The van der Waals surface area contributed by atoms with E-state index < -0.39 is 39.8 Å². The molecule has 1 aromatic carbocycles. The normalized spacial score (nSPS) is 21.0. The quantitative estimate of drug-likeness (QED) is 0.447. The van der Waals surface area contributed by atoms with Crippen LogP contribution < -0.4 is 0 Å². The van der Waals surface area contributed by atoms with E-state index in [0.717, 1.165) is 6.26 Å². The van der Waals surface area contributed by atoms with Gasteiger partial charge in [-0.2, -0.15) is 0 Å². The Hall–Kier alpha value is -2.40. The summed E-state index contributed by atoms with van der Waals surface area (Å²) in [5.41, 5.74) is -2.15. The van der Waals surface area contributed by atoms with E-state index >= 15 is 0 Å². The Kier molecular flexibility index (Phi) is 6.75. The predicted octanol–water partition coefficient (Wildman–Crippen LogP) is 2.83. The molecule has 1 aromatic heterocycles. The second-order valence-electron chi connectivity index (χ2n) is 6.70. The second-order valence-corrected chi connectivity index (χ2v) is 9.00. The van der Waals surface area contributed by atoms with Gasteiger partial charge in [0.25, 0.3) is 5.54 Å². The Balaban J connectivity index is 2.32. The lowest BCUT2D eigenvalue weighted by atomic mass is 9.91. The zero-order valence-corrected chi connectivity index (χ0v) is 18.7. The van der Waals surface area contributed by atoms with Gasteiger partial charge in [0.1, 0.15) is 5.76 Å². The summed E-state index contributed by atoms with van der Waals surface area (Å²) >= 11 is 5.96. The molecule has 31 heavy (non-hydrogen) atoms. The first-order valence-electron chi connectivity index (χ1n) is 9.46. The average molecular weight is 472 g/mol. The third kappa shape index (κ3) is 4.08. The molecule has 2 aromatic rings. The molecule has 0 N–H and O–H groups in total. The standard InChI is InChI=1S/C20H22ClNO8S/c1-4-27-18(23)20(19(24)28-5-2)16(15-7-6-12-29-15)30-17(22(20)31(3,25)26)13-8-10-14(21)11-9-13/h6-12,16-17H,4-5H2,1-3H3/t16-,17+/m0/s1. The van der Waals surface area contributed by atoms with Crippen molar-refractivity contribution in [3.05, 3.63) is 59.0 Å². The molecule has 1 aliphatic heterocycles. The lowest BCUT2D eigenvalue weighted by Crippen LogP contribution is -2.62. The Labute approximate surface area is 184 Å². The van der Waals surface area contributed by atoms with Crippen molar-refractivity contribution in [2.45, 2.75) is 31.7 Å². The molecule has 0 amide bonds. The van der Waals surface area contributed by atoms with Crippen LogP contribution in [0.1, 0.15) is 37.5 Å². The minimum Gasteiger partial charge on any atom is -0.466 e. The number of esters is 2. The van der Waals surface area contributed by atoms with Crippen LogP contribution in [0.25, 0.3) is 0 Å². The van der Waals surface area contributed by atoms with Crippen molar-refractivity contribution < 1.29 is 36.6 Å². The molecular weight excluding hydrogens is 450 g/mol. The predicted molar refractivity (Wildman–Crippen MR) is 109 cm³/mol. The maximum atomic E-state index is 13.3. The fraction of sp³-hybridized carbons (Fsp3) is 0.400. The summed E-state index contributed by atoms with van der Waals surface area (Å²) in [4.78, 5) is 26.6. The van der Waals surface area contributed by atoms with E-state index in [1.165, 1.54) is 56.5 Å². The number of benzene rings is 1. The maximum Gasteiger partial charge on any atom is 0.342 e. The van der Waals surface area contributed by atoms with Gasteiger partial charge in [0.05, 0.1) is 25.7 Å². The molecular formula is C20H22ClNO8S. The van der Waals surface area contributed by atoms with Crippen LogP contribution in [0.15, 0.2) is 47.1 Å². The first-order valence-corrected chi connectivity index (χ1v) is 11.7. The van der Waals surface area contributed by atoms with Crippen LogP contribution in [-0.4, -0.2) is 49.7 Å². The summed E-state index contributed by atoms with van der Waals surface area (Å²) in [5, 5.41) is 0.414. The number of sulfonamides is 1. The van der Waals surface area contributed by atoms with Crippen molar-refractivity contribution in [2.75, 3.05) is 19.5 Å². The molecule has 2 heterocycles. The van der Waals surface area contributed by atoms with Crippen LogP contribution in [0.5, 0.6) is 0 Å². The number of nitrogens with zero attached hydrogens (tertiary/aromatic N) is 1. The van der Waals surface area contributed by atoms with Crippen LogP contribution in [0.3, 0.4) is 0 Å². The van der Waals surface area contributed by atoms with E-state index in [-0.39, 0.29) is 19.0 Å². The number of halogens is 1. The van der Waals surface area contributed by atoms with E-state index in [4.69, 9.17) is 30.2 Å². The molecule has 0 bridgehead atoms. The van der Waals surface area contributed by atoms with Gasteiger partial charge in [-0.25, -0.2) is 18.0 Å². The van der Waals surface area contributed by atoms with Crippen LogP contribution in [-0.2, 0) is 33.8 Å². The van der Waals surface area contributed by atoms with Crippen molar-refractivity contribution >= 4 is 33.6 Å². The molecule has 0 aliphatic carbocycles. The van der Waals surface area contributed by atoms with Crippen LogP contribution in [0, 0.1) is 0 Å². The fourth-order valence-electron chi connectivity index (χ4n) is 3.53. The van der Waals surface area contributed by atoms with Crippen molar-refractivity contribution in [2.24, 2.45) is 0 Å². The summed E-state index contributed by atoms with van der Waals surface area (Å²) in [7, 11) is -4.24. The number of carbonyl (C=O) groups excluding carboxylic acids is 2. The van der Waals surface area contributed by atoms with Gasteiger partial charge < -0.3 is 18.6 Å². The van der Waals surface area contributed by atoms with E-state index in [0.29, 0.717) is 14.9 Å². The van der Waals surface area contributed by atoms with E-state index in [2.05, 4.69) is 0 Å². The second kappa shape index (κ2) is 8.99. The minimum absolute atomic E-state index is 0.0613. The molecule has 1 saturated heterocycles. The van der Waals surface area contributed by atoms with Crippen LogP contribution >= 0.6 is 11.6 Å². The average Bonchev–Trinajstić information content (AvgIpc) is 3.35. The zero-order valence-electron chi connectivity index (χ0n) is 17.1. The van der Waals surface area contributed by atoms with Crippen molar-refractivity contribution in [3.63, 3.8) is 0 Å². The summed E-state index contributed by atoms with van der Waals surface area (Å²) in [5.74, 6) is -2.19. The molecule has 2 atom stereocenters. The lowest BCUT2D eigenvalue weighted by Gasteiger charge is -2.34. The minimum atomic E-state index is -4.24. The smallest absolute Gasteiger partial charge is 0.342 e. The van der Waals surface area contributed by atoms with Gasteiger partial charge in [-0.3, -0.25) is 0 Å². The van der Waals surface area contributed by atoms with E-state index in [1.807, 2.05) is 0 Å². The first kappa shape index (κ1) is 23.3. The Morgan fingerprint density at radius 1 is 1.10 bits per heavy atom. The number of hydrogen-bond donors (Lipinski definition) is 0. The molecule has 9 nitrogen and oxygen atoms in total. The van der Waals surface area contributed by atoms with Gasteiger partial charge in [0.2, 0.25) is 10.0 Å². The van der Waals surface area contributed by atoms with Gasteiger partial charge in [-0.1, -0.05) is 23.7 Å². The first-order chi connectivity index (χ1) is 14.7. The van der Waals surface area contributed by atoms with Gasteiger partial charge in [0, 0.05) is 5.02 Å². The van der Waals surface area contributed by atoms with Crippen molar-refractivity contribution in [3.8, 4) is 0 Å². The third-order valence-electron chi connectivity index (χ3n) is 4.69. The maximum absolute atomic E-state index is 13.3. The largest absolute Gasteiger partial charge is 0.466 e. The summed E-state index contributed by atoms with van der Waals surface area (Å²) < 4.78 is 48.5. The third-order valence-corrected chi connectivity index (χ3v) is 6.14. The molecule has 11 heteroatoms. The van der Waals surface area contributed by atoms with Crippen LogP contribution in [0.2, 0.25) is 5.02 Å². The molecule has 3 rings (SSSR count). The van der Waals surface area contributed by atoms with Crippen molar-refractivity contribution in [1.82, 2.24) is 4.31 Å². The van der Waals surface area contributed by atoms with E-state index in [1.54, 1.807) is 0 Å². The van der Waals surface area contributed by atoms with Gasteiger partial charge >= 0.3 is 11.9 Å². The van der Waals surface area contributed by atoms with Crippen molar-refractivity contribution in [1.29, 1.82) is 0 Å².